The third-order valence-electron chi connectivity index (χ3n) is 4.52. The first kappa shape index (κ1) is 19.8. The Morgan fingerprint density at radius 1 is 1.10 bits per heavy atom. The lowest BCUT2D eigenvalue weighted by molar-refractivity contribution is -0.139. The molecular formula is C23H15N3O5. The SMILES string of the molecule is O=C(O)c1ccc(CC#CN2C(=O)C=NC(c3nc(-c4ccccc4)co3)C2=O)cc1. The predicted octanol–water partition coefficient (Wildman–Crippen LogP) is 2.72. The molecule has 2 heterocycles. The molecule has 2 amide bonds. The van der Waals surface area contributed by atoms with E-state index >= 15 is 0 Å². The van der Waals surface area contributed by atoms with Gasteiger partial charge in [0.05, 0.1) is 11.8 Å². The summed E-state index contributed by atoms with van der Waals surface area (Å²) in [6.07, 6.45) is 2.69. The number of aromatic nitrogens is 1. The molecule has 0 bridgehead atoms. The number of aliphatic imine (C=N–C) groups is 1. The first-order valence-electron chi connectivity index (χ1n) is 9.25. The van der Waals surface area contributed by atoms with E-state index in [-0.39, 0.29) is 17.9 Å². The molecule has 8 heteroatoms. The van der Waals surface area contributed by atoms with Crippen molar-refractivity contribution in [2.45, 2.75) is 12.5 Å². The van der Waals surface area contributed by atoms with Gasteiger partial charge in [0.2, 0.25) is 11.9 Å². The highest BCUT2D eigenvalue weighted by Crippen LogP contribution is 2.26. The maximum absolute atomic E-state index is 12.8. The molecule has 152 valence electrons. The van der Waals surface area contributed by atoms with E-state index in [1.165, 1.54) is 18.4 Å². The fraction of sp³-hybridized carbons (Fsp3) is 0.0870. The normalized spacial score (nSPS) is 15.5. The average Bonchev–Trinajstić information content (AvgIpc) is 3.27. The van der Waals surface area contributed by atoms with Crippen LogP contribution in [0.3, 0.4) is 0 Å². The third kappa shape index (κ3) is 4.26. The van der Waals surface area contributed by atoms with Gasteiger partial charge < -0.3 is 9.52 Å². The molecule has 31 heavy (non-hydrogen) atoms. The second-order valence-electron chi connectivity index (χ2n) is 6.60. The van der Waals surface area contributed by atoms with Gasteiger partial charge in [-0.3, -0.25) is 14.6 Å². The number of carbonyl (C=O) groups excluding carboxylic acids is 2. The van der Waals surface area contributed by atoms with Crippen LogP contribution in [0.1, 0.15) is 27.9 Å². The van der Waals surface area contributed by atoms with Crippen molar-refractivity contribution < 1.29 is 23.9 Å². The fourth-order valence-electron chi connectivity index (χ4n) is 2.91. The van der Waals surface area contributed by atoms with Crippen LogP contribution in [-0.2, 0) is 16.0 Å². The number of carboxylic acid groups (broad SMARTS) is 1. The zero-order valence-corrected chi connectivity index (χ0v) is 16.1. The van der Waals surface area contributed by atoms with Gasteiger partial charge in [-0.2, -0.15) is 4.90 Å². The van der Waals surface area contributed by atoms with Crippen molar-refractivity contribution in [2.24, 2.45) is 4.99 Å². The smallest absolute Gasteiger partial charge is 0.335 e. The summed E-state index contributed by atoms with van der Waals surface area (Å²) in [4.78, 5) is 44.9. The van der Waals surface area contributed by atoms with Crippen LogP contribution in [0.15, 0.2) is 70.3 Å². The average molecular weight is 413 g/mol. The van der Waals surface area contributed by atoms with Crippen LogP contribution < -0.4 is 0 Å². The Kier molecular flexibility index (Phi) is 5.41. The molecule has 2 aromatic carbocycles. The van der Waals surface area contributed by atoms with Crippen molar-refractivity contribution in [1.29, 1.82) is 0 Å². The zero-order chi connectivity index (χ0) is 21.8. The van der Waals surface area contributed by atoms with Gasteiger partial charge in [0, 0.05) is 18.0 Å². The van der Waals surface area contributed by atoms with Crippen molar-refractivity contribution in [3.63, 3.8) is 0 Å². The Labute approximate surface area is 176 Å². The number of carboxylic acids is 1. The van der Waals surface area contributed by atoms with Gasteiger partial charge in [-0.25, -0.2) is 9.78 Å². The molecule has 1 N–H and O–H groups in total. The first-order chi connectivity index (χ1) is 15.0. The second-order valence-corrected chi connectivity index (χ2v) is 6.60. The summed E-state index contributed by atoms with van der Waals surface area (Å²) in [7, 11) is 0. The number of aromatic carboxylic acids is 1. The largest absolute Gasteiger partial charge is 0.478 e. The van der Waals surface area contributed by atoms with Crippen molar-refractivity contribution in [3.05, 3.63) is 77.9 Å². The van der Waals surface area contributed by atoms with E-state index < -0.39 is 23.8 Å². The minimum atomic E-state index is -1.10. The van der Waals surface area contributed by atoms with Gasteiger partial charge in [-0.15, -0.1) is 0 Å². The molecular weight excluding hydrogens is 398 g/mol. The molecule has 1 unspecified atom stereocenters. The number of benzene rings is 2. The number of nitrogens with zero attached hydrogens (tertiary/aromatic N) is 3. The number of rotatable bonds is 4. The molecule has 1 aromatic heterocycles. The first-order valence-corrected chi connectivity index (χ1v) is 9.25. The van der Waals surface area contributed by atoms with E-state index in [4.69, 9.17) is 9.52 Å². The minimum absolute atomic E-state index is 0.0728. The van der Waals surface area contributed by atoms with E-state index in [2.05, 4.69) is 21.9 Å². The molecule has 0 fully saturated rings. The van der Waals surface area contributed by atoms with Gasteiger partial charge in [-0.05, 0) is 17.7 Å². The van der Waals surface area contributed by atoms with Gasteiger partial charge in [-0.1, -0.05) is 48.4 Å². The van der Waals surface area contributed by atoms with E-state index in [1.807, 2.05) is 30.3 Å². The lowest BCUT2D eigenvalue weighted by Crippen LogP contribution is -2.40. The topological polar surface area (TPSA) is 113 Å². The molecule has 3 aromatic rings. The van der Waals surface area contributed by atoms with Gasteiger partial charge in [0.15, 0.2) is 0 Å². The van der Waals surface area contributed by atoms with Gasteiger partial charge in [0.1, 0.15) is 12.0 Å². The van der Waals surface area contributed by atoms with Crippen LogP contribution in [0.4, 0.5) is 0 Å². The van der Waals surface area contributed by atoms with E-state index in [9.17, 15) is 14.4 Å². The molecule has 1 atom stereocenters. The lowest BCUT2D eigenvalue weighted by Gasteiger charge is -2.19. The van der Waals surface area contributed by atoms with Crippen LogP contribution in [0.2, 0.25) is 0 Å². The van der Waals surface area contributed by atoms with E-state index in [0.29, 0.717) is 5.69 Å². The number of amides is 2. The minimum Gasteiger partial charge on any atom is -0.478 e. The highest BCUT2D eigenvalue weighted by molar-refractivity contribution is 6.32. The molecule has 1 aliphatic rings. The zero-order valence-electron chi connectivity index (χ0n) is 16.1. The van der Waals surface area contributed by atoms with Gasteiger partial charge in [0.25, 0.3) is 11.8 Å². The fourth-order valence-corrected chi connectivity index (χ4v) is 2.91. The molecule has 0 radical (unpaired) electrons. The summed E-state index contributed by atoms with van der Waals surface area (Å²) in [6, 6.07) is 16.9. The number of imide groups is 1. The monoisotopic (exact) mass is 413 g/mol. The maximum atomic E-state index is 12.8. The van der Waals surface area contributed by atoms with Crippen LogP contribution in [0.5, 0.6) is 0 Å². The van der Waals surface area contributed by atoms with Crippen LogP contribution in [-0.4, -0.2) is 39.0 Å². The molecule has 0 saturated carbocycles. The number of hydrogen-bond donors (Lipinski definition) is 1. The Balaban J connectivity index is 1.50. The quantitative estimate of drug-likeness (QED) is 0.520. The van der Waals surface area contributed by atoms with Crippen molar-refractivity contribution in [1.82, 2.24) is 9.88 Å². The molecule has 4 rings (SSSR count). The Hall–Kier alpha value is -4.51. The summed E-state index contributed by atoms with van der Waals surface area (Å²) >= 11 is 0. The molecule has 0 spiro atoms. The number of carbonyl (C=O) groups is 3. The lowest BCUT2D eigenvalue weighted by atomic mass is 10.1. The Morgan fingerprint density at radius 3 is 2.55 bits per heavy atom. The van der Waals surface area contributed by atoms with Crippen molar-refractivity contribution in [2.75, 3.05) is 0 Å². The number of oxazole rings is 1. The molecule has 0 saturated heterocycles. The van der Waals surface area contributed by atoms with Crippen LogP contribution >= 0.6 is 0 Å². The van der Waals surface area contributed by atoms with E-state index in [1.54, 1.807) is 12.1 Å². The Bertz CT molecular complexity index is 1230. The van der Waals surface area contributed by atoms with Crippen LogP contribution in [0.25, 0.3) is 11.3 Å². The molecule has 0 aliphatic carbocycles. The van der Waals surface area contributed by atoms with E-state index in [0.717, 1.165) is 22.2 Å². The highest BCUT2D eigenvalue weighted by atomic mass is 16.4. The Morgan fingerprint density at radius 2 is 1.84 bits per heavy atom. The summed E-state index contributed by atoms with van der Waals surface area (Å²) in [6.45, 7) is 0. The standard InChI is InChI=1S/C23H15N3O5/c27-19-13-24-20(21-25-18(14-31-21)16-6-2-1-3-7-16)22(28)26(19)12-4-5-15-8-10-17(11-9-15)23(29)30/h1-3,6-11,13-14,20H,5H2,(H,29,30). The second kappa shape index (κ2) is 8.47. The third-order valence-corrected chi connectivity index (χ3v) is 4.52. The van der Waals surface area contributed by atoms with Crippen molar-refractivity contribution >= 4 is 24.0 Å². The van der Waals surface area contributed by atoms with Crippen LogP contribution in [0, 0.1) is 12.0 Å². The summed E-state index contributed by atoms with van der Waals surface area (Å²) in [5.74, 6) is 0.513. The molecule has 1 aliphatic heterocycles. The predicted molar refractivity (Wildman–Crippen MR) is 110 cm³/mol. The summed E-state index contributed by atoms with van der Waals surface area (Å²) < 4.78 is 5.44. The maximum Gasteiger partial charge on any atom is 0.335 e. The summed E-state index contributed by atoms with van der Waals surface area (Å²) in [5, 5.41) is 8.93. The van der Waals surface area contributed by atoms with Gasteiger partial charge >= 0.3 is 5.97 Å². The number of hydrogen-bond acceptors (Lipinski definition) is 6. The highest BCUT2D eigenvalue weighted by Gasteiger charge is 2.35. The molecule has 8 nitrogen and oxygen atoms in total. The van der Waals surface area contributed by atoms with Crippen molar-refractivity contribution in [3.8, 4) is 23.2 Å². The summed E-state index contributed by atoms with van der Waals surface area (Å²) in [5.41, 5.74) is 2.29.